The Labute approximate surface area is 181 Å². The van der Waals surface area contributed by atoms with E-state index in [0.29, 0.717) is 18.3 Å². The van der Waals surface area contributed by atoms with E-state index in [0.717, 1.165) is 45.2 Å². The number of ether oxygens (including phenoxy) is 2. The molecule has 0 spiro atoms. The van der Waals surface area contributed by atoms with Crippen LogP contribution in [-0.4, -0.2) is 24.0 Å². The van der Waals surface area contributed by atoms with E-state index in [1.54, 1.807) is 0 Å². The zero-order chi connectivity index (χ0) is 20.9. The first-order valence-corrected chi connectivity index (χ1v) is 10.3. The molecule has 5 nitrogen and oxygen atoms in total. The topological polar surface area (TPSA) is 54.9 Å². The highest BCUT2D eigenvalue weighted by Gasteiger charge is 2.26. The maximum absolute atomic E-state index is 5.71. The Bertz CT molecular complexity index is 1040. The number of nitrogens with zero attached hydrogens (tertiary/aromatic N) is 1. The van der Waals surface area contributed by atoms with Crippen LogP contribution in [0.5, 0.6) is 11.5 Å². The van der Waals surface area contributed by atoms with Crippen LogP contribution in [0.1, 0.15) is 25.0 Å². The van der Waals surface area contributed by atoms with Gasteiger partial charge >= 0.3 is 0 Å². The van der Waals surface area contributed by atoms with Gasteiger partial charge in [0.2, 0.25) is 0 Å². The number of fused-ring (bicyclic) bond motifs is 3. The molecule has 3 aromatic rings. The van der Waals surface area contributed by atoms with Crippen molar-refractivity contribution >= 4 is 28.7 Å². The van der Waals surface area contributed by atoms with Gasteiger partial charge in [-0.3, -0.25) is 5.43 Å². The summed E-state index contributed by atoms with van der Waals surface area (Å²) in [4.78, 5) is 0. The van der Waals surface area contributed by atoms with E-state index in [4.69, 9.17) is 21.7 Å². The van der Waals surface area contributed by atoms with E-state index in [2.05, 4.69) is 28.0 Å². The Hall–Kier alpha value is -3.38. The maximum Gasteiger partial charge on any atom is 0.191 e. The number of benzene rings is 3. The van der Waals surface area contributed by atoms with Crippen LogP contribution >= 0.6 is 12.2 Å². The second-order valence-electron chi connectivity index (χ2n) is 6.67. The van der Waals surface area contributed by atoms with Crippen LogP contribution in [0.4, 0.5) is 5.69 Å². The predicted molar refractivity (Wildman–Crippen MR) is 126 cm³/mol. The van der Waals surface area contributed by atoms with Crippen LogP contribution in [0, 0.1) is 0 Å². The molecule has 4 rings (SSSR count). The summed E-state index contributed by atoms with van der Waals surface area (Å²) in [5, 5.41) is 8.22. The Morgan fingerprint density at radius 1 is 0.800 bits per heavy atom. The predicted octanol–water partition coefficient (Wildman–Crippen LogP) is 5.20. The zero-order valence-electron chi connectivity index (χ0n) is 16.9. The minimum Gasteiger partial charge on any atom is -0.494 e. The van der Waals surface area contributed by atoms with E-state index in [1.165, 1.54) is 0 Å². The Kier molecular flexibility index (Phi) is 5.95. The fourth-order valence-corrected chi connectivity index (χ4v) is 3.64. The van der Waals surface area contributed by atoms with Crippen LogP contribution in [0.2, 0.25) is 0 Å². The summed E-state index contributed by atoms with van der Waals surface area (Å²) in [6.07, 6.45) is 0. The van der Waals surface area contributed by atoms with Gasteiger partial charge in [0.1, 0.15) is 11.5 Å². The second kappa shape index (κ2) is 8.97. The molecule has 0 saturated heterocycles. The lowest BCUT2D eigenvalue weighted by molar-refractivity contribution is 0.340. The summed E-state index contributed by atoms with van der Waals surface area (Å²) < 4.78 is 11.4. The number of nitrogens with one attached hydrogen (secondary N) is 2. The highest BCUT2D eigenvalue weighted by atomic mass is 32.1. The van der Waals surface area contributed by atoms with Crippen LogP contribution in [0.15, 0.2) is 71.8 Å². The first-order valence-electron chi connectivity index (χ1n) is 9.94. The van der Waals surface area contributed by atoms with Crippen molar-refractivity contribution in [3.05, 3.63) is 77.9 Å². The number of hydrogen-bond acceptors (Lipinski definition) is 4. The molecule has 0 aromatic heterocycles. The molecule has 0 bridgehead atoms. The standard InChI is InChI=1S/C24H23N3O2S/c1-3-28-17-10-12-19-20-13-11-18(29-4-2)15-22(20)23(21(19)14-17)26-27-24(30)25-16-8-6-5-7-9-16/h5-15H,3-4H2,1-2H3,(H2,25,27,30). The lowest BCUT2D eigenvalue weighted by atomic mass is 10.1. The highest BCUT2D eigenvalue weighted by molar-refractivity contribution is 7.80. The number of hydrazone groups is 1. The van der Waals surface area contributed by atoms with E-state index >= 15 is 0 Å². The molecule has 0 aliphatic heterocycles. The highest BCUT2D eigenvalue weighted by Crippen LogP contribution is 2.40. The third-order valence-electron chi connectivity index (χ3n) is 4.71. The van der Waals surface area contributed by atoms with Gasteiger partial charge in [0.05, 0.1) is 18.9 Å². The molecule has 30 heavy (non-hydrogen) atoms. The van der Waals surface area contributed by atoms with Crippen molar-refractivity contribution in [3.63, 3.8) is 0 Å². The fraction of sp³-hybridized carbons (Fsp3) is 0.167. The van der Waals surface area contributed by atoms with Gasteiger partial charge in [-0.1, -0.05) is 18.2 Å². The van der Waals surface area contributed by atoms with Crippen LogP contribution in [-0.2, 0) is 0 Å². The van der Waals surface area contributed by atoms with Gasteiger partial charge < -0.3 is 14.8 Å². The fourth-order valence-electron chi connectivity index (χ4n) is 3.47. The van der Waals surface area contributed by atoms with Gasteiger partial charge in [0.15, 0.2) is 5.11 Å². The molecule has 0 saturated carbocycles. The number of rotatable bonds is 6. The summed E-state index contributed by atoms with van der Waals surface area (Å²) in [6.45, 7) is 5.16. The average Bonchev–Trinajstić information content (AvgIpc) is 3.06. The minimum atomic E-state index is 0.422. The third kappa shape index (κ3) is 4.14. The van der Waals surface area contributed by atoms with E-state index in [1.807, 2.05) is 68.4 Å². The molecule has 0 amide bonds. The van der Waals surface area contributed by atoms with Crippen molar-refractivity contribution in [2.45, 2.75) is 13.8 Å². The number of para-hydroxylation sites is 1. The largest absolute Gasteiger partial charge is 0.494 e. The van der Waals surface area contributed by atoms with Gasteiger partial charge in [0, 0.05) is 16.8 Å². The van der Waals surface area contributed by atoms with Crippen LogP contribution < -0.4 is 20.2 Å². The van der Waals surface area contributed by atoms with Crippen molar-refractivity contribution in [2.24, 2.45) is 5.10 Å². The smallest absolute Gasteiger partial charge is 0.191 e. The number of hydrogen-bond donors (Lipinski definition) is 2. The third-order valence-corrected chi connectivity index (χ3v) is 4.90. The lowest BCUT2D eigenvalue weighted by Crippen LogP contribution is -2.25. The van der Waals surface area contributed by atoms with Gasteiger partial charge in [-0.2, -0.15) is 5.10 Å². The molecule has 0 fully saturated rings. The molecule has 2 N–H and O–H groups in total. The molecular formula is C24H23N3O2S. The quantitative estimate of drug-likeness (QED) is 0.333. The molecule has 152 valence electrons. The van der Waals surface area contributed by atoms with Crippen molar-refractivity contribution in [2.75, 3.05) is 18.5 Å². The van der Waals surface area contributed by atoms with Crippen molar-refractivity contribution in [3.8, 4) is 22.6 Å². The molecule has 1 aliphatic carbocycles. The average molecular weight is 418 g/mol. The van der Waals surface area contributed by atoms with Crippen molar-refractivity contribution < 1.29 is 9.47 Å². The van der Waals surface area contributed by atoms with Gasteiger partial charge in [-0.15, -0.1) is 0 Å². The van der Waals surface area contributed by atoms with Crippen molar-refractivity contribution in [1.29, 1.82) is 0 Å². The molecule has 3 aromatic carbocycles. The summed E-state index contributed by atoms with van der Waals surface area (Å²) in [5.41, 5.74) is 8.91. The van der Waals surface area contributed by atoms with Crippen LogP contribution in [0.25, 0.3) is 11.1 Å². The second-order valence-corrected chi connectivity index (χ2v) is 7.08. The minimum absolute atomic E-state index is 0.422. The maximum atomic E-state index is 5.71. The van der Waals surface area contributed by atoms with Gasteiger partial charge in [0.25, 0.3) is 0 Å². The summed E-state index contributed by atoms with van der Waals surface area (Å²) >= 11 is 5.42. The van der Waals surface area contributed by atoms with E-state index in [-0.39, 0.29) is 0 Å². The first-order chi connectivity index (χ1) is 14.7. The molecule has 0 heterocycles. The molecule has 0 atom stereocenters. The molecular weight excluding hydrogens is 394 g/mol. The van der Waals surface area contributed by atoms with E-state index < -0.39 is 0 Å². The van der Waals surface area contributed by atoms with E-state index in [9.17, 15) is 0 Å². The Morgan fingerprint density at radius 3 is 1.90 bits per heavy atom. The molecule has 6 heteroatoms. The summed E-state index contributed by atoms with van der Waals surface area (Å²) in [5.74, 6) is 1.62. The SMILES string of the molecule is CCOc1ccc2c(c1)C(=NNC(=S)Nc1ccccc1)c1cc(OCC)ccc1-2. The first kappa shape index (κ1) is 19.9. The molecule has 0 radical (unpaired) electrons. The Balaban J connectivity index is 1.68. The Morgan fingerprint density at radius 2 is 1.37 bits per heavy atom. The van der Waals surface area contributed by atoms with Crippen LogP contribution in [0.3, 0.4) is 0 Å². The lowest BCUT2D eigenvalue weighted by Gasteiger charge is -2.09. The molecule has 1 aliphatic rings. The van der Waals surface area contributed by atoms with Crippen molar-refractivity contribution in [1.82, 2.24) is 5.43 Å². The van der Waals surface area contributed by atoms with Gasteiger partial charge in [-0.05, 0) is 85.7 Å². The number of anilines is 1. The summed E-state index contributed by atoms with van der Waals surface area (Å²) in [6, 6.07) is 21.9. The monoisotopic (exact) mass is 417 g/mol. The number of thiocarbonyl (C=S) groups is 1. The molecule has 0 unspecified atom stereocenters. The van der Waals surface area contributed by atoms with Gasteiger partial charge in [-0.25, -0.2) is 0 Å². The zero-order valence-corrected chi connectivity index (χ0v) is 17.8. The summed E-state index contributed by atoms with van der Waals surface area (Å²) in [7, 11) is 0. The normalized spacial score (nSPS) is 11.3.